The molecule has 1 aromatic rings. The van der Waals surface area contributed by atoms with E-state index in [1.165, 1.54) is 0 Å². The Hall–Kier alpha value is -0.800. The van der Waals surface area contributed by atoms with Crippen molar-refractivity contribution in [3.63, 3.8) is 0 Å². The van der Waals surface area contributed by atoms with Gasteiger partial charge in [-0.2, -0.15) is 0 Å². The van der Waals surface area contributed by atoms with Crippen molar-refractivity contribution in [2.24, 2.45) is 5.41 Å². The van der Waals surface area contributed by atoms with Crippen molar-refractivity contribution in [3.8, 4) is 0 Å². The number of hydrogen-bond donors (Lipinski definition) is 1. The normalized spacial score (nSPS) is 13.8. The van der Waals surface area contributed by atoms with Gasteiger partial charge >= 0.3 is 0 Å². The van der Waals surface area contributed by atoms with E-state index in [1.54, 1.807) is 7.11 Å². The molecule has 0 spiro atoms. The van der Waals surface area contributed by atoms with Gasteiger partial charge in [-0.3, -0.25) is 0 Å². The average molecular weight is 253 g/mol. The van der Waals surface area contributed by atoms with E-state index in [4.69, 9.17) is 9.15 Å². The van der Waals surface area contributed by atoms with Crippen LogP contribution in [0.15, 0.2) is 16.5 Å². The fraction of sp³-hybridized carbons (Fsp3) is 0.733. The van der Waals surface area contributed by atoms with Crippen LogP contribution < -0.4 is 5.32 Å². The number of rotatable bonds is 7. The molecule has 1 unspecified atom stereocenters. The largest absolute Gasteiger partial charge is 0.462 e. The molecule has 0 aliphatic carbocycles. The van der Waals surface area contributed by atoms with E-state index in [2.05, 4.69) is 39.1 Å². The molecule has 3 nitrogen and oxygen atoms in total. The van der Waals surface area contributed by atoms with Crippen molar-refractivity contribution in [3.05, 3.63) is 23.7 Å². The van der Waals surface area contributed by atoms with Crippen molar-refractivity contribution < 1.29 is 9.15 Å². The minimum Gasteiger partial charge on any atom is -0.462 e. The summed E-state index contributed by atoms with van der Waals surface area (Å²) in [5.41, 5.74) is 0.277. The summed E-state index contributed by atoms with van der Waals surface area (Å²) in [6.07, 6.45) is 2.19. The maximum Gasteiger partial charge on any atom is 0.129 e. The Morgan fingerprint density at radius 2 is 2.06 bits per heavy atom. The summed E-state index contributed by atoms with van der Waals surface area (Å²) in [6, 6.07) is 4.35. The molecule has 0 aliphatic heterocycles. The van der Waals surface area contributed by atoms with Crippen LogP contribution in [0.4, 0.5) is 0 Å². The van der Waals surface area contributed by atoms with Crippen molar-refractivity contribution in [1.82, 2.24) is 5.32 Å². The van der Waals surface area contributed by atoms with Crippen molar-refractivity contribution in [2.75, 3.05) is 13.7 Å². The van der Waals surface area contributed by atoms with E-state index in [0.29, 0.717) is 6.61 Å². The van der Waals surface area contributed by atoms with Crippen LogP contribution in [-0.4, -0.2) is 13.7 Å². The fourth-order valence-electron chi connectivity index (χ4n) is 2.01. The maximum absolute atomic E-state index is 5.84. The van der Waals surface area contributed by atoms with Crippen LogP contribution in [0.5, 0.6) is 0 Å². The van der Waals surface area contributed by atoms with Crippen LogP contribution >= 0.6 is 0 Å². The van der Waals surface area contributed by atoms with Gasteiger partial charge in [0.25, 0.3) is 0 Å². The number of nitrogens with one attached hydrogen (secondary N) is 1. The summed E-state index contributed by atoms with van der Waals surface area (Å²) in [7, 11) is 1.68. The van der Waals surface area contributed by atoms with Gasteiger partial charge in [-0.1, -0.05) is 27.7 Å². The molecule has 0 saturated heterocycles. The Balaban J connectivity index is 2.73. The molecule has 18 heavy (non-hydrogen) atoms. The summed E-state index contributed by atoms with van der Waals surface area (Å²) in [5.74, 6) is 1.91. The van der Waals surface area contributed by atoms with Crippen LogP contribution in [0.3, 0.4) is 0 Å². The fourth-order valence-corrected chi connectivity index (χ4v) is 2.01. The second kappa shape index (κ2) is 6.95. The molecule has 0 radical (unpaired) electrons. The summed E-state index contributed by atoms with van der Waals surface area (Å²) < 4.78 is 10.9. The van der Waals surface area contributed by atoms with Gasteiger partial charge in [0.15, 0.2) is 0 Å². The molecule has 0 fully saturated rings. The number of furan rings is 1. The van der Waals surface area contributed by atoms with Gasteiger partial charge in [-0.25, -0.2) is 0 Å². The lowest BCUT2D eigenvalue weighted by atomic mass is 9.87. The van der Waals surface area contributed by atoms with Crippen LogP contribution in [-0.2, 0) is 11.3 Å². The summed E-state index contributed by atoms with van der Waals surface area (Å²) in [5, 5.41) is 3.56. The third-order valence-electron chi connectivity index (χ3n) is 2.77. The van der Waals surface area contributed by atoms with Crippen LogP contribution in [0.1, 0.15) is 58.1 Å². The lowest BCUT2D eigenvalue weighted by Crippen LogP contribution is -2.26. The van der Waals surface area contributed by atoms with Gasteiger partial charge in [0.05, 0.1) is 6.04 Å². The molecule has 3 heteroatoms. The van der Waals surface area contributed by atoms with Gasteiger partial charge in [0.2, 0.25) is 0 Å². The monoisotopic (exact) mass is 253 g/mol. The van der Waals surface area contributed by atoms with Crippen molar-refractivity contribution in [1.29, 1.82) is 0 Å². The first-order valence-corrected chi connectivity index (χ1v) is 6.77. The summed E-state index contributed by atoms with van der Waals surface area (Å²) >= 11 is 0. The number of methoxy groups -OCH3 is 1. The number of ether oxygens (including phenoxy) is 1. The quantitative estimate of drug-likeness (QED) is 0.800. The second-order valence-corrected chi connectivity index (χ2v) is 6.01. The molecule has 0 aromatic carbocycles. The molecular weight excluding hydrogens is 226 g/mol. The third kappa shape index (κ3) is 5.23. The minimum atomic E-state index is 0.277. The van der Waals surface area contributed by atoms with Crippen molar-refractivity contribution >= 4 is 0 Å². The Morgan fingerprint density at radius 3 is 2.61 bits per heavy atom. The van der Waals surface area contributed by atoms with Crippen LogP contribution in [0, 0.1) is 5.41 Å². The second-order valence-electron chi connectivity index (χ2n) is 6.01. The minimum absolute atomic E-state index is 0.277. The van der Waals surface area contributed by atoms with Gasteiger partial charge in [-0.05, 0) is 36.9 Å². The van der Waals surface area contributed by atoms with Crippen LogP contribution in [0.25, 0.3) is 0 Å². The van der Waals surface area contributed by atoms with Gasteiger partial charge in [0.1, 0.15) is 18.1 Å². The zero-order valence-corrected chi connectivity index (χ0v) is 12.4. The zero-order valence-electron chi connectivity index (χ0n) is 12.4. The highest BCUT2D eigenvalue weighted by atomic mass is 16.5. The predicted octanol–water partition coefficient (Wildman–Crippen LogP) is 3.90. The van der Waals surface area contributed by atoms with Gasteiger partial charge in [-0.15, -0.1) is 0 Å². The number of hydrogen-bond acceptors (Lipinski definition) is 3. The Labute approximate surface area is 111 Å². The summed E-state index contributed by atoms with van der Waals surface area (Å²) in [6.45, 7) is 10.5. The molecule has 104 valence electrons. The summed E-state index contributed by atoms with van der Waals surface area (Å²) in [4.78, 5) is 0. The maximum atomic E-state index is 5.84. The lowest BCUT2D eigenvalue weighted by molar-refractivity contribution is 0.160. The van der Waals surface area contributed by atoms with E-state index in [9.17, 15) is 0 Å². The van der Waals surface area contributed by atoms with Gasteiger partial charge in [0, 0.05) is 7.11 Å². The molecule has 0 bridgehead atoms. The average Bonchev–Trinajstić information content (AvgIpc) is 2.72. The molecule has 1 heterocycles. The Kier molecular flexibility index (Phi) is 5.89. The highest BCUT2D eigenvalue weighted by Crippen LogP contribution is 2.30. The Bertz CT molecular complexity index is 339. The molecular formula is C15H27NO2. The highest BCUT2D eigenvalue weighted by Gasteiger charge is 2.22. The van der Waals surface area contributed by atoms with E-state index < -0.39 is 0 Å². The highest BCUT2D eigenvalue weighted by molar-refractivity contribution is 5.11. The molecule has 1 N–H and O–H groups in total. The first kappa shape index (κ1) is 15.3. The van der Waals surface area contributed by atoms with E-state index in [-0.39, 0.29) is 11.5 Å². The van der Waals surface area contributed by atoms with Crippen LogP contribution in [0.2, 0.25) is 0 Å². The van der Waals surface area contributed by atoms with Gasteiger partial charge < -0.3 is 14.5 Å². The smallest absolute Gasteiger partial charge is 0.129 e. The van der Waals surface area contributed by atoms with E-state index in [0.717, 1.165) is 30.9 Å². The van der Waals surface area contributed by atoms with Crippen molar-refractivity contribution in [2.45, 2.75) is 53.2 Å². The molecule has 1 aromatic heterocycles. The predicted molar refractivity (Wildman–Crippen MR) is 74.5 cm³/mol. The molecule has 0 aliphatic rings. The zero-order chi connectivity index (χ0) is 13.6. The standard InChI is InChI=1S/C15H27NO2/c1-6-9-16-13(10-15(2,3)4)14-8-7-12(18-14)11-17-5/h7-8,13,16H,6,9-11H2,1-5H3. The molecule has 1 rings (SSSR count). The molecule has 0 saturated carbocycles. The third-order valence-corrected chi connectivity index (χ3v) is 2.77. The first-order valence-electron chi connectivity index (χ1n) is 6.77. The van der Waals surface area contributed by atoms with E-state index >= 15 is 0 Å². The lowest BCUT2D eigenvalue weighted by Gasteiger charge is -2.25. The topological polar surface area (TPSA) is 34.4 Å². The molecule has 0 amide bonds. The molecule has 1 atom stereocenters. The Morgan fingerprint density at radius 1 is 1.33 bits per heavy atom. The van der Waals surface area contributed by atoms with E-state index in [1.807, 2.05) is 6.07 Å². The SMILES string of the molecule is CCCNC(CC(C)(C)C)c1ccc(COC)o1. The first-order chi connectivity index (χ1) is 8.46.